The molecule has 0 aliphatic heterocycles. The maximum atomic E-state index is 5.46. The number of hydrogen-bond acceptors (Lipinski definition) is 5. The molecule has 1 aromatic heterocycles. The predicted molar refractivity (Wildman–Crippen MR) is 98.1 cm³/mol. The normalized spacial score (nSPS) is 11.3. The van der Waals surface area contributed by atoms with Gasteiger partial charge < -0.3 is 19.7 Å². The molecule has 130 valence electrons. The van der Waals surface area contributed by atoms with Gasteiger partial charge in [-0.3, -0.25) is 4.99 Å². The Balaban J connectivity index is 2.02. The first-order valence-corrected chi connectivity index (χ1v) is 8.43. The van der Waals surface area contributed by atoms with Crippen molar-refractivity contribution >= 4 is 17.3 Å². The second-order valence-electron chi connectivity index (χ2n) is 5.28. The van der Waals surface area contributed by atoms with E-state index in [-0.39, 0.29) is 0 Å². The van der Waals surface area contributed by atoms with E-state index < -0.39 is 0 Å². The maximum absolute atomic E-state index is 5.46. The Bertz CT molecular complexity index is 700. The molecule has 7 heteroatoms. The maximum Gasteiger partial charge on any atom is 0.193 e. The number of benzene rings is 1. The number of rotatable bonds is 6. The largest absolute Gasteiger partial charge is 0.497 e. The van der Waals surface area contributed by atoms with Gasteiger partial charge >= 0.3 is 0 Å². The molecule has 2 rings (SSSR count). The Morgan fingerprint density at radius 2 is 2.12 bits per heavy atom. The molecule has 0 unspecified atom stereocenters. The van der Waals surface area contributed by atoms with Gasteiger partial charge in [-0.2, -0.15) is 0 Å². The third kappa shape index (κ3) is 4.61. The summed E-state index contributed by atoms with van der Waals surface area (Å²) in [6.45, 7) is 3.39. The zero-order valence-electron chi connectivity index (χ0n) is 14.8. The smallest absolute Gasteiger partial charge is 0.193 e. The highest BCUT2D eigenvalue weighted by Crippen LogP contribution is 2.25. The predicted octanol–water partition coefficient (Wildman–Crippen LogP) is 2.68. The van der Waals surface area contributed by atoms with Gasteiger partial charge in [0.25, 0.3) is 0 Å². The third-order valence-electron chi connectivity index (χ3n) is 3.57. The monoisotopic (exact) mass is 348 g/mol. The summed E-state index contributed by atoms with van der Waals surface area (Å²) in [5.74, 6) is 2.40. The van der Waals surface area contributed by atoms with Crippen LogP contribution in [0.4, 0.5) is 0 Å². The number of nitrogens with zero attached hydrogens (tertiary/aromatic N) is 3. The van der Waals surface area contributed by atoms with Gasteiger partial charge in [-0.25, -0.2) is 4.98 Å². The van der Waals surface area contributed by atoms with E-state index in [1.807, 2.05) is 38.4 Å². The SMILES string of the molecule is CN=C(NCc1cnc(C)s1)N(C)Cc1ccc(OC)cc1OC. The van der Waals surface area contributed by atoms with Gasteiger partial charge in [0.2, 0.25) is 0 Å². The number of ether oxygens (including phenoxy) is 2. The number of aryl methyl sites for hydroxylation is 1. The van der Waals surface area contributed by atoms with Crippen LogP contribution in [0, 0.1) is 6.92 Å². The average molecular weight is 348 g/mol. The van der Waals surface area contributed by atoms with Crippen LogP contribution in [0.5, 0.6) is 11.5 Å². The first-order valence-electron chi connectivity index (χ1n) is 7.61. The summed E-state index contributed by atoms with van der Waals surface area (Å²) in [5, 5.41) is 4.43. The standard InChI is InChI=1S/C17H24N4O2S/c1-12-19-9-15(24-12)10-20-17(18-2)21(3)11-13-6-7-14(22-4)8-16(13)23-5/h6-9H,10-11H2,1-5H3,(H,18,20). The molecule has 0 amide bonds. The lowest BCUT2D eigenvalue weighted by atomic mass is 10.2. The lowest BCUT2D eigenvalue weighted by Gasteiger charge is -2.23. The van der Waals surface area contributed by atoms with E-state index in [1.54, 1.807) is 32.6 Å². The van der Waals surface area contributed by atoms with Crippen molar-refractivity contribution in [2.45, 2.75) is 20.0 Å². The fourth-order valence-corrected chi connectivity index (χ4v) is 3.09. The molecule has 6 nitrogen and oxygen atoms in total. The Morgan fingerprint density at radius 3 is 2.71 bits per heavy atom. The fourth-order valence-electron chi connectivity index (χ4n) is 2.35. The van der Waals surface area contributed by atoms with E-state index in [4.69, 9.17) is 9.47 Å². The molecule has 0 aliphatic carbocycles. The van der Waals surface area contributed by atoms with E-state index in [2.05, 4.69) is 20.2 Å². The Morgan fingerprint density at radius 1 is 1.33 bits per heavy atom. The summed E-state index contributed by atoms with van der Waals surface area (Å²) >= 11 is 1.69. The van der Waals surface area contributed by atoms with Crippen molar-refractivity contribution in [3.8, 4) is 11.5 Å². The minimum atomic E-state index is 0.675. The Kier molecular flexibility index (Phi) is 6.43. The number of aromatic nitrogens is 1. The van der Waals surface area contributed by atoms with Gasteiger partial charge in [0.05, 0.1) is 25.8 Å². The van der Waals surface area contributed by atoms with Crippen molar-refractivity contribution in [3.05, 3.63) is 39.8 Å². The van der Waals surface area contributed by atoms with Gasteiger partial charge in [0.1, 0.15) is 11.5 Å². The Labute approximate surface area is 147 Å². The molecule has 24 heavy (non-hydrogen) atoms. The fraction of sp³-hybridized carbons (Fsp3) is 0.412. The van der Waals surface area contributed by atoms with Crippen LogP contribution in [0.3, 0.4) is 0 Å². The van der Waals surface area contributed by atoms with E-state index in [9.17, 15) is 0 Å². The lowest BCUT2D eigenvalue weighted by Crippen LogP contribution is -2.37. The second kappa shape index (κ2) is 8.54. The van der Waals surface area contributed by atoms with Crippen LogP contribution < -0.4 is 14.8 Å². The first kappa shape index (κ1) is 18.1. The van der Waals surface area contributed by atoms with Crippen LogP contribution >= 0.6 is 11.3 Å². The Hall–Kier alpha value is -2.28. The van der Waals surface area contributed by atoms with Gasteiger partial charge in [0.15, 0.2) is 5.96 Å². The molecular weight excluding hydrogens is 324 g/mol. The van der Waals surface area contributed by atoms with Crippen LogP contribution in [-0.2, 0) is 13.1 Å². The van der Waals surface area contributed by atoms with Gasteiger partial charge in [0, 0.05) is 43.3 Å². The van der Waals surface area contributed by atoms with Gasteiger partial charge in [-0.05, 0) is 19.1 Å². The minimum Gasteiger partial charge on any atom is -0.497 e. The number of guanidine groups is 1. The van der Waals surface area contributed by atoms with E-state index in [1.165, 1.54) is 4.88 Å². The molecule has 0 fully saturated rings. The zero-order chi connectivity index (χ0) is 17.5. The number of thiazole rings is 1. The molecule has 2 aromatic rings. The zero-order valence-corrected chi connectivity index (χ0v) is 15.6. The highest BCUT2D eigenvalue weighted by atomic mass is 32.1. The average Bonchev–Trinajstić information content (AvgIpc) is 3.01. The summed E-state index contributed by atoms with van der Waals surface area (Å²) in [4.78, 5) is 11.9. The number of nitrogens with one attached hydrogen (secondary N) is 1. The molecule has 0 radical (unpaired) electrons. The quantitative estimate of drug-likeness (QED) is 0.642. The topological polar surface area (TPSA) is 59.0 Å². The summed E-state index contributed by atoms with van der Waals surface area (Å²) in [6, 6.07) is 5.83. The molecule has 0 atom stereocenters. The summed E-state index contributed by atoms with van der Waals surface area (Å²) < 4.78 is 10.7. The highest BCUT2D eigenvalue weighted by molar-refractivity contribution is 7.11. The second-order valence-corrected chi connectivity index (χ2v) is 6.60. The first-order chi connectivity index (χ1) is 11.6. The minimum absolute atomic E-state index is 0.675. The third-order valence-corrected chi connectivity index (χ3v) is 4.48. The van der Waals surface area contributed by atoms with Crippen LogP contribution in [0.25, 0.3) is 0 Å². The molecule has 1 heterocycles. The van der Waals surface area contributed by atoms with Crippen molar-refractivity contribution in [2.24, 2.45) is 4.99 Å². The molecular formula is C17H24N4O2S. The van der Waals surface area contributed by atoms with Crippen LogP contribution in [-0.4, -0.2) is 44.2 Å². The number of hydrogen-bond donors (Lipinski definition) is 1. The van der Waals surface area contributed by atoms with Crippen LogP contribution in [0.2, 0.25) is 0 Å². The van der Waals surface area contributed by atoms with E-state index in [0.717, 1.165) is 28.0 Å². The molecule has 0 bridgehead atoms. The molecule has 1 N–H and O–H groups in total. The molecule has 0 spiro atoms. The number of methoxy groups -OCH3 is 2. The van der Waals surface area contributed by atoms with Gasteiger partial charge in [-0.15, -0.1) is 11.3 Å². The molecule has 0 saturated carbocycles. The van der Waals surface area contributed by atoms with E-state index in [0.29, 0.717) is 13.1 Å². The van der Waals surface area contributed by atoms with Crippen molar-refractivity contribution in [2.75, 3.05) is 28.3 Å². The van der Waals surface area contributed by atoms with Crippen molar-refractivity contribution in [1.29, 1.82) is 0 Å². The van der Waals surface area contributed by atoms with Crippen molar-refractivity contribution in [3.63, 3.8) is 0 Å². The van der Waals surface area contributed by atoms with Crippen molar-refractivity contribution in [1.82, 2.24) is 15.2 Å². The number of aliphatic imine (C=N–C) groups is 1. The lowest BCUT2D eigenvalue weighted by molar-refractivity contribution is 0.382. The van der Waals surface area contributed by atoms with Crippen LogP contribution in [0.15, 0.2) is 29.4 Å². The highest BCUT2D eigenvalue weighted by Gasteiger charge is 2.11. The van der Waals surface area contributed by atoms with E-state index >= 15 is 0 Å². The molecule has 1 aromatic carbocycles. The van der Waals surface area contributed by atoms with Crippen molar-refractivity contribution < 1.29 is 9.47 Å². The van der Waals surface area contributed by atoms with Crippen LogP contribution in [0.1, 0.15) is 15.4 Å². The summed E-state index contributed by atoms with van der Waals surface area (Å²) in [6.07, 6.45) is 1.90. The molecule has 0 aliphatic rings. The molecule has 0 saturated heterocycles. The van der Waals surface area contributed by atoms with Gasteiger partial charge in [-0.1, -0.05) is 0 Å². The summed E-state index contributed by atoms with van der Waals surface area (Å²) in [5.41, 5.74) is 1.07. The summed E-state index contributed by atoms with van der Waals surface area (Å²) in [7, 11) is 7.09.